The van der Waals surface area contributed by atoms with Crippen LogP contribution in [0, 0.1) is 6.92 Å². The van der Waals surface area contributed by atoms with Crippen LogP contribution in [0.5, 0.6) is 5.75 Å². The molecule has 1 aliphatic rings. The Balaban J connectivity index is 1.62. The predicted molar refractivity (Wildman–Crippen MR) is 134 cm³/mol. The van der Waals surface area contributed by atoms with Gasteiger partial charge >= 0.3 is 5.97 Å². The van der Waals surface area contributed by atoms with Gasteiger partial charge in [0.25, 0.3) is 5.91 Å². The van der Waals surface area contributed by atoms with Gasteiger partial charge in [-0.2, -0.15) is 0 Å². The largest absolute Gasteiger partial charge is 0.496 e. The van der Waals surface area contributed by atoms with E-state index in [1.165, 1.54) is 0 Å². The monoisotopic (exact) mass is 479 g/mol. The number of likely N-dealkylation sites (tertiary alicyclic amines) is 1. The summed E-state index contributed by atoms with van der Waals surface area (Å²) < 4.78 is 11.8. The Hall–Kier alpha value is -3.36. The maximum atomic E-state index is 12.3. The van der Waals surface area contributed by atoms with Crippen LogP contribution in [0.4, 0.5) is 0 Å². The van der Waals surface area contributed by atoms with Gasteiger partial charge in [-0.25, -0.2) is 0 Å². The van der Waals surface area contributed by atoms with E-state index in [0.717, 1.165) is 59.3 Å². The Bertz CT molecular complexity index is 1190. The van der Waals surface area contributed by atoms with E-state index in [4.69, 9.17) is 14.6 Å². The number of carboxylic acid groups (broad SMARTS) is 1. The third kappa shape index (κ3) is 5.49. The number of carboxylic acids is 1. The molecule has 0 spiro atoms. The fourth-order valence-corrected chi connectivity index (χ4v) is 5.00. The number of hydrogen-bond donors (Lipinski definition) is 3. The van der Waals surface area contributed by atoms with Crippen LogP contribution in [0.1, 0.15) is 52.9 Å². The first kappa shape index (κ1) is 24.8. The average molecular weight is 480 g/mol. The van der Waals surface area contributed by atoms with Crippen molar-refractivity contribution in [1.82, 2.24) is 15.2 Å². The number of hydrogen-bond acceptors (Lipinski definition) is 5. The quantitative estimate of drug-likeness (QED) is 0.428. The molecule has 4 rings (SSSR count). The zero-order valence-corrected chi connectivity index (χ0v) is 20.5. The third-order valence-electron chi connectivity index (χ3n) is 6.72. The Labute approximate surface area is 205 Å². The molecule has 1 aromatic heterocycles. The molecule has 2 atom stereocenters. The maximum absolute atomic E-state index is 12.3. The molecule has 2 aromatic carbocycles. The molecule has 1 fully saturated rings. The minimum atomic E-state index is -1.07. The normalized spacial score (nSPS) is 18.5. The number of piperidine rings is 1. The number of aromatic nitrogens is 1. The molecule has 0 unspecified atom stereocenters. The summed E-state index contributed by atoms with van der Waals surface area (Å²) in [7, 11) is 1.71. The number of carbonyl (C=O) groups is 2. The number of fused-ring (bicyclic) bond motifs is 1. The van der Waals surface area contributed by atoms with Gasteiger partial charge in [-0.05, 0) is 62.1 Å². The molecule has 1 amide bonds. The number of carbonyl (C=O) groups excluding carboxylic acids is 1. The SMILES string of the molecule is CCO[C@H]1CCN(Cc2c(OC)cc(C)c3[nH]ccc23)[C@H](c2ccc(C(=O)NCC(=O)O)cc2)C1. The molecule has 3 N–H and O–H groups in total. The van der Waals surface area contributed by atoms with E-state index in [1.54, 1.807) is 19.2 Å². The Morgan fingerprint density at radius 3 is 2.69 bits per heavy atom. The van der Waals surface area contributed by atoms with Crippen molar-refractivity contribution in [2.75, 3.05) is 26.8 Å². The molecule has 0 saturated carbocycles. The highest BCUT2D eigenvalue weighted by atomic mass is 16.5. The average Bonchev–Trinajstić information content (AvgIpc) is 3.36. The summed E-state index contributed by atoms with van der Waals surface area (Å²) >= 11 is 0. The van der Waals surface area contributed by atoms with E-state index in [1.807, 2.05) is 25.3 Å². The van der Waals surface area contributed by atoms with Crippen molar-refractivity contribution in [2.24, 2.45) is 0 Å². The molecule has 8 heteroatoms. The van der Waals surface area contributed by atoms with Gasteiger partial charge in [0.2, 0.25) is 0 Å². The number of nitrogens with one attached hydrogen (secondary N) is 2. The lowest BCUT2D eigenvalue weighted by Gasteiger charge is -2.40. The van der Waals surface area contributed by atoms with Crippen LogP contribution in [-0.2, 0) is 16.1 Å². The maximum Gasteiger partial charge on any atom is 0.322 e. The zero-order valence-electron chi connectivity index (χ0n) is 20.5. The molecular formula is C27H33N3O5. The zero-order chi connectivity index (χ0) is 24.9. The number of benzene rings is 2. The molecule has 2 heterocycles. The van der Waals surface area contributed by atoms with Gasteiger partial charge in [0, 0.05) is 54.0 Å². The number of methoxy groups -OCH3 is 1. The van der Waals surface area contributed by atoms with E-state index < -0.39 is 18.4 Å². The van der Waals surface area contributed by atoms with Gasteiger partial charge in [0.15, 0.2) is 0 Å². The van der Waals surface area contributed by atoms with Gasteiger partial charge in [-0.3, -0.25) is 14.5 Å². The van der Waals surface area contributed by atoms with Crippen molar-refractivity contribution < 1.29 is 24.2 Å². The number of amides is 1. The molecule has 1 saturated heterocycles. The number of aryl methyl sites for hydroxylation is 1. The molecule has 0 aliphatic carbocycles. The number of H-pyrrole nitrogens is 1. The lowest BCUT2D eigenvalue weighted by atomic mass is 9.91. The molecule has 0 radical (unpaired) electrons. The fraction of sp³-hybridized carbons (Fsp3) is 0.407. The molecule has 0 bridgehead atoms. The molecule has 1 aliphatic heterocycles. The summed E-state index contributed by atoms with van der Waals surface area (Å²) in [6.45, 7) is 5.97. The van der Waals surface area contributed by atoms with Crippen LogP contribution in [0.15, 0.2) is 42.6 Å². The second-order valence-corrected chi connectivity index (χ2v) is 8.93. The van der Waals surface area contributed by atoms with Gasteiger partial charge < -0.3 is 24.9 Å². The summed E-state index contributed by atoms with van der Waals surface area (Å²) in [4.78, 5) is 28.8. The van der Waals surface area contributed by atoms with E-state index >= 15 is 0 Å². The topological polar surface area (TPSA) is 104 Å². The number of nitrogens with zero attached hydrogens (tertiary/aromatic N) is 1. The first-order chi connectivity index (χ1) is 16.9. The van der Waals surface area contributed by atoms with Crippen molar-refractivity contribution in [1.29, 1.82) is 0 Å². The molecular weight excluding hydrogens is 446 g/mol. The summed E-state index contributed by atoms with van der Waals surface area (Å²) in [5.41, 5.74) is 4.96. The molecule has 8 nitrogen and oxygen atoms in total. The van der Waals surface area contributed by atoms with E-state index in [2.05, 4.69) is 34.3 Å². The van der Waals surface area contributed by atoms with Crippen LogP contribution in [0.2, 0.25) is 0 Å². The van der Waals surface area contributed by atoms with Crippen LogP contribution >= 0.6 is 0 Å². The van der Waals surface area contributed by atoms with Gasteiger partial charge in [-0.15, -0.1) is 0 Å². The smallest absolute Gasteiger partial charge is 0.322 e. The van der Waals surface area contributed by atoms with Crippen molar-refractivity contribution >= 4 is 22.8 Å². The summed E-state index contributed by atoms with van der Waals surface area (Å²) in [6.07, 6.45) is 3.94. The number of aromatic amines is 1. The highest BCUT2D eigenvalue weighted by molar-refractivity contribution is 5.95. The third-order valence-corrected chi connectivity index (χ3v) is 6.72. The van der Waals surface area contributed by atoms with Gasteiger partial charge in [0.1, 0.15) is 12.3 Å². The Morgan fingerprint density at radius 2 is 2.00 bits per heavy atom. The Morgan fingerprint density at radius 1 is 1.23 bits per heavy atom. The highest BCUT2D eigenvalue weighted by Gasteiger charge is 2.31. The van der Waals surface area contributed by atoms with Crippen molar-refractivity contribution in [2.45, 2.75) is 45.4 Å². The standard InChI is InChI=1S/C27H33N3O5/c1-4-35-20-10-12-30(16-22-21-9-11-28-26(21)17(2)13-24(22)34-3)23(14-20)18-5-7-19(8-6-18)27(33)29-15-25(31)32/h5-9,11,13,20,23,28H,4,10,12,14-16H2,1-3H3,(H,29,33)(H,31,32)/t20-,23-/m0/s1. The van der Waals surface area contributed by atoms with E-state index in [0.29, 0.717) is 12.2 Å². The minimum Gasteiger partial charge on any atom is -0.496 e. The first-order valence-electron chi connectivity index (χ1n) is 12.0. The Kier molecular flexibility index (Phi) is 7.73. The molecule has 3 aromatic rings. The molecule has 35 heavy (non-hydrogen) atoms. The van der Waals surface area contributed by atoms with Crippen molar-refractivity contribution in [3.05, 3.63) is 64.8 Å². The van der Waals surface area contributed by atoms with E-state index in [9.17, 15) is 9.59 Å². The van der Waals surface area contributed by atoms with Gasteiger partial charge in [-0.1, -0.05) is 12.1 Å². The number of aliphatic carboxylic acids is 1. The summed E-state index contributed by atoms with van der Waals surface area (Å²) in [5.74, 6) is -0.588. The van der Waals surface area contributed by atoms with Crippen LogP contribution in [-0.4, -0.2) is 59.8 Å². The second kappa shape index (κ2) is 10.9. The fourth-order valence-electron chi connectivity index (χ4n) is 5.00. The minimum absolute atomic E-state index is 0.108. The number of rotatable bonds is 9. The lowest BCUT2D eigenvalue weighted by Crippen LogP contribution is -2.39. The van der Waals surface area contributed by atoms with Crippen LogP contribution < -0.4 is 10.1 Å². The summed E-state index contributed by atoms with van der Waals surface area (Å²) in [5, 5.41) is 12.4. The molecule has 186 valence electrons. The van der Waals surface area contributed by atoms with Crippen LogP contribution in [0.25, 0.3) is 10.9 Å². The lowest BCUT2D eigenvalue weighted by molar-refractivity contribution is -0.135. The summed E-state index contributed by atoms with van der Waals surface area (Å²) in [6, 6.07) is 11.7. The van der Waals surface area contributed by atoms with Crippen molar-refractivity contribution in [3.63, 3.8) is 0 Å². The van der Waals surface area contributed by atoms with E-state index in [-0.39, 0.29) is 12.1 Å². The predicted octanol–water partition coefficient (Wildman–Crippen LogP) is 4.04. The van der Waals surface area contributed by atoms with Crippen LogP contribution in [0.3, 0.4) is 0 Å². The van der Waals surface area contributed by atoms with Gasteiger partial charge in [0.05, 0.1) is 13.2 Å². The number of ether oxygens (including phenoxy) is 2. The first-order valence-corrected chi connectivity index (χ1v) is 12.0. The van der Waals surface area contributed by atoms with Crippen molar-refractivity contribution in [3.8, 4) is 5.75 Å². The highest BCUT2D eigenvalue weighted by Crippen LogP contribution is 2.37. The second-order valence-electron chi connectivity index (χ2n) is 8.93.